The molecule has 9 nitrogen and oxygen atoms in total. The number of rotatable bonds is 3. The van der Waals surface area contributed by atoms with Crippen LogP contribution in [0.1, 0.15) is 56.8 Å². The number of carbonyl (C=O) groups excluding carboxylic acids is 2. The second kappa shape index (κ2) is 11.7. The van der Waals surface area contributed by atoms with E-state index < -0.39 is 0 Å². The highest BCUT2D eigenvalue weighted by Crippen LogP contribution is 2.40. The lowest BCUT2D eigenvalue weighted by atomic mass is 9.87. The normalized spacial score (nSPS) is 16.5. The van der Waals surface area contributed by atoms with Crippen LogP contribution < -0.4 is 19.5 Å². The Kier molecular flexibility index (Phi) is 7.49. The lowest BCUT2D eigenvalue weighted by Crippen LogP contribution is -2.40. The van der Waals surface area contributed by atoms with Crippen LogP contribution in [0.3, 0.4) is 0 Å². The molecule has 0 aliphatic carbocycles. The molecule has 0 spiro atoms. The van der Waals surface area contributed by atoms with Gasteiger partial charge in [-0.15, -0.1) is 0 Å². The number of ether oxygens (including phenoxy) is 3. The minimum atomic E-state index is -0.360. The number of carbonyl (C=O) groups is 2. The van der Waals surface area contributed by atoms with Gasteiger partial charge in [0.2, 0.25) is 5.88 Å². The molecule has 1 unspecified atom stereocenters. The fourth-order valence-electron chi connectivity index (χ4n) is 5.28. The predicted molar refractivity (Wildman–Crippen MR) is 152 cm³/mol. The maximum atomic E-state index is 14.1. The van der Waals surface area contributed by atoms with Crippen LogP contribution in [0.4, 0.5) is 0 Å². The summed E-state index contributed by atoms with van der Waals surface area (Å²) >= 11 is 0. The number of aromatic nitrogens is 2. The van der Waals surface area contributed by atoms with E-state index in [0.717, 1.165) is 16.7 Å². The van der Waals surface area contributed by atoms with Crippen molar-refractivity contribution in [2.75, 3.05) is 26.3 Å². The summed E-state index contributed by atoms with van der Waals surface area (Å²) in [5, 5.41) is 2.90. The molecule has 8 bridgehead atoms. The number of amides is 2. The molecule has 4 aromatic rings. The van der Waals surface area contributed by atoms with E-state index in [9.17, 15) is 9.59 Å². The molecule has 3 aliphatic heterocycles. The molecule has 0 fully saturated rings. The zero-order chi connectivity index (χ0) is 28.2. The Morgan fingerprint density at radius 1 is 1.07 bits per heavy atom. The van der Waals surface area contributed by atoms with Gasteiger partial charge in [0.25, 0.3) is 11.8 Å². The minimum absolute atomic E-state index is 0.148. The highest BCUT2D eigenvalue weighted by atomic mass is 16.5. The SMILES string of the molecule is CCOc1ncccc1C(=O)N1CCc2cc3ccc2C1c1cccc(c1)OCCCNC(=O)c1cncc(c1)O3. The highest BCUT2D eigenvalue weighted by Gasteiger charge is 2.34. The Hall–Kier alpha value is -4.92. The van der Waals surface area contributed by atoms with E-state index in [1.165, 1.54) is 6.20 Å². The van der Waals surface area contributed by atoms with Gasteiger partial charge < -0.3 is 24.4 Å². The standard InChI is InChI=1S/C32H30N4O5/c1-2-39-31-28(8-4-12-35-31)32(38)36-14-11-21-16-25-9-10-27(21)29(36)22-6-3-7-24(17-22)40-15-5-13-34-30(37)23-18-26(41-25)20-33-19-23/h3-4,6-10,12,16-20,29H,2,5,11,13-15H2,1H3,(H,34,37). The fraction of sp³-hybridized carbons (Fsp3) is 0.250. The first-order valence-corrected chi connectivity index (χ1v) is 13.8. The van der Waals surface area contributed by atoms with Crippen LogP contribution in [0.2, 0.25) is 0 Å². The van der Waals surface area contributed by atoms with Crippen LogP contribution in [0.25, 0.3) is 0 Å². The number of fused-ring (bicyclic) bond motifs is 6. The van der Waals surface area contributed by atoms with Gasteiger partial charge in [-0.1, -0.05) is 18.2 Å². The van der Waals surface area contributed by atoms with Crippen molar-refractivity contribution < 1.29 is 23.8 Å². The molecule has 1 N–H and O–H groups in total. The molecular formula is C32H30N4O5. The van der Waals surface area contributed by atoms with E-state index in [-0.39, 0.29) is 17.9 Å². The predicted octanol–water partition coefficient (Wildman–Crippen LogP) is 4.97. The first-order valence-electron chi connectivity index (χ1n) is 13.8. The molecule has 0 radical (unpaired) electrons. The molecule has 7 rings (SSSR count). The summed E-state index contributed by atoms with van der Waals surface area (Å²) in [6, 6.07) is 18.5. The quantitative estimate of drug-likeness (QED) is 0.384. The average molecular weight is 551 g/mol. The van der Waals surface area contributed by atoms with Crippen LogP contribution in [-0.4, -0.2) is 53.0 Å². The fourth-order valence-corrected chi connectivity index (χ4v) is 5.28. The molecule has 41 heavy (non-hydrogen) atoms. The smallest absolute Gasteiger partial charge is 0.260 e. The maximum absolute atomic E-state index is 14.1. The van der Waals surface area contributed by atoms with Gasteiger partial charge >= 0.3 is 0 Å². The summed E-state index contributed by atoms with van der Waals surface area (Å²) in [7, 11) is 0. The third-order valence-corrected chi connectivity index (χ3v) is 7.15. The zero-order valence-corrected chi connectivity index (χ0v) is 22.7. The van der Waals surface area contributed by atoms with Crippen molar-refractivity contribution in [3.05, 3.63) is 107 Å². The van der Waals surface area contributed by atoms with Gasteiger partial charge in [-0.2, -0.15) is 0 Å². The van der Waals surface area contributed by atoms with Crippen molar-refractivity contribution >= 4 is 11.8 Å². The highest BCUT2D eigenvalue weighted by molar-refractivity contribution is 5.97. The Labute approximate surface area is 238 Å². The first kappa shape index (κ1) is 26.3. The van der Waals surface area contributed by atoms with E-state index in [0.29, 0.717) is 73.4 Å². The number of hydrogen-bond acceptors (Lipinski definition) is 7. The Morgan fingerprint density at radius 2 is 2.00 bits per heavy atom. The number of pyridine rings is 2. The van der Waals surface area contributed by atoms with Crippen molar-refractivity contribution in [3.63, 3.8) is 0 Å². The van der Waals surface area contributed by atoms with Crippen molar-refractivity contribution in [1.29, 1.82) is 0 Å². The second-order valence-electron chi connectivity index (χ2n) is 9.84. The maximum Gasteiger partial charge on any atom is 0.260 e. The summed E-state index contributed by atoms with van der Waals surface area (Å²) in [5.41, 5.74) is 3.86. The summed E-state index contributed by atoms with van der Waals surface area (Å²) < 4.78 is 17.9. The van der Waals surface area contributed by atoms with Gasteiger partial charge in [0.05, 0.1) is 31.0 Å². The lowest BCUT2D eigenvalue weighted by Gasteiger charge is -2.38. The third kappa shape index (κ3) is 5.56. The molecule has 9 heteroatoms. The van der Waals surface area contributed by atoms with E-state index in [4.69, 9.17) is 14.2 Å². The lowest BCUT2D eigenvalue weighted by molar-refractivity contribution is 0.0688. The number of benzene rings is 2. The van der Waals surface area contributed by atoms with Gasteiger partial charge in [0.1, 0.15) is 22.8 Å². The molecule has 2 amide bonds. The number of nitrogens with one attached hydrogen (secondary N) is 1. The van der Waals surface area contributed by atoms with E-state index in [1.54, 1.807) is 30.6 Å². The van der Waals surface area contributed by atoms with Crippen molar-refractivity contribution in [2.24, 2.45) is 0 Å². The molecule has 208 valence electrons. The van der Waals surface area contributed by atoms with Crippen molar-refractivity contribution in [1.82, 2.24) is 20.2 Å². The van der Waals surface area contributed by atoms with Crippen molar-refractivity contribution in [3.8, 4) is 23.1 Å². The molecular weight excluding hydrogens is 520 g/mol. The van der Waals surface area contributed by atoms with Crippen LogP contribution in [0.15, 0.2) is 79.3 Å². The molecule has 1 atom stereocenters. The van der Waals surface area contributed by atoms with Gasteiger partial charge in [-0.25, -0.2) is 4.98 Å². The summed E-state index contributed by atoms with van der Waals surface area (Å²) in [6.07, 6.45) is 5.99. The van der Waals surface area contributed by atoms with Crippen LogP contribution >= 0.6 is 0 Å². The molecule has 2 aromatic heterocycles. The third-order valence-electron chi connectivity index (χ3n) is 7.15. The minimum Gasteiger partial charge on any atom is -0.494 e. The largest absolute Gasteiger partial charge is 0.494 e. The second-order valence-corrected chi connectivity index (χ2v) is 9.84. The van der Waals surface area contributed by atoms with Gasteiger partial charge in [-0.3, -0.25) is 14.6 Å². The van der Waals surface area contributed by atoms with Gasteiger partial charge in [-0.05, 0) is 78.9 Å². The molecule has 3 aliphatic rings. The zero-order valence-electron chi connectivity index (χ0n) is 22.7. The summed E-state index contributed by atoms with van der Waals surface area (Å²) in [6.45, 7) is 3.64. The Balaban J connectivity index is 1.43. The van der Waals surface area contributed by atoms with Gasteiger partial charge in [0, 0.05) is 25.5 Å². The Bertz CT molecular complexity index is 1590. The molecule has 0 saturated carbocycles. The van der Waals surface area contributed by atoms with Crippen LogP contribution in [0, 0.1) is 0 Å². The Morgan fingerprint density at radius 3 is 2.90 bits per heavy atom. The summed E-state index contributed by atoms with van der Waals surface area (Å²) in [4.78, 5) is 37.1. The molecule has 2 aromatic carbocycles. The van der Waals surface area contributed by atoms with Crippen LogP contribution in [0.5, 0.6) is 23.1 Å². The number of hydrogen-bond donors (Lipinski definition) is 1. The van der Waals surface area contributed by atoms with Gasteiger partial charge in [0.15, 0.2) is 0 Å². The monoisotopic (exact) mass is 550 g/mol. The summed E-state index contributed by atoms with van der Waals surface area (Å²) in [5.74, 6) is 1.76. The molecule has 0 saturated heterocycles. The van der Waals surface area contributed by atoms with E-state index >= 15 is 0 Å². The molecule has 5 heterocycles. The first-order chi connectivity index (χ1) is 20.1. The van der Waals surface area contributed by atoms with E-state index in [2.05, 4.69) is 15.3 Å². The van der Waals surface area contributed by atoms with E-state index in [1.807, 2.05) is 54.3 Å². The van der Waals surface area contributed by atoms with Crippen LogP contribution in [-0.2, 0) is 6.42 Å². The topological polar surface area (TPSA) is 103 Å². The average Bonchev–Trinajstić information content (AvgIpc) is 3.00. The van der Waals surface area contributed by atoms with Crippen molar-refractivity contribution in [2.45, 2.75) is 25.8 Å². The number of nitrogens with zero attached hydrogens (tertiary/aromatic N) is 3.